The Bertz CT molecular complexity index is 183. The highest BCUT2D eigenvalue weighted by atomic mass is 16.2. The van der Waals surface area contributed by atoms with Crippen LogP contribution in [0.2, 0.25) is 0 Å². The molecule has 0 spiro atoms. The Morgan fingerprint density at radius 3 is 2.91 bits per heavy atom. The van der Waals surface area contributed by atoms with E-state index in [1.54, 1.807) is 4.90 Å². The number of hydrogen-bond acceptors (Lipinski definition) is 2. The van der Waals surface area contributed by atoms with Crippen LogP contribution >= 0.6 is 0 Å². The van der Waals surface area contributed by atoms with E-state index in [4.69, 9.17) is 5.73 Å². The van der Waals surface area contributed by atoms with Gasteiger partial charge in [-0.05, 0) is 6.42 Å². The summed E-state index contributed by atoms with van der Waals surface area (Å²) < 4.78 is 0. The van der Waals surface area contributed by atoms with E-state index >= 15 is 0 Å². The van der Waals surface area contributed by atoms with Crippen LogP contribution in [0.15, 0.2) is 0 Å². The number of nitrogens with two attached hydrogens (primary N) is 1. The van der Waals surface area contributed by atoms with Crippen LogP contribution in [0.4, 0.5) is 4.79 Å². The van der Waals surface area contributed by atoms with E-state index in [0.29, 0.717) is 6.04 Å². The third-order valence-electron chi connectivity index (χ3n) is 2.63. The summed E-state index contributed by atoms with van der Waals surface area (Å²) in [5.41, 5.74) is 5.22. The lowest BCUT2D eigenvalue weighted by Gasteiger charge is -2.32. The normalized spacial score (nSPS) is 35.8. The van der Waals surface area contributed by atoms with E-state index in [2.05, 4.69) is 4.90 Å². The minimum absolute atomic E-state index is 0.253. The minimum atomic E-state index is -0.253. The second kappa shape index (κ2) is 2.37. The molecule has 2 bridgehead atoms. The van der Waals surface area contributed by atoms with E-state index in [-0.39, 0.29) is 6.03 Å². The van der Waals surface area contributed by atoms with Gasteiger partial charge in [0.15, 0.2) is 0 Å². The summed E-state index contributed by atoms with van der Waals surface area (Å²) in [6.07, 6.45) is 1.10. The summed E-state index contributed by atoms with van der Waals surface area (Å²) in [7, 11) is 0. The average Bonchev–Trinajstić information content (AvgIpc) is 2.32. The summed E-state index contributed by atoms with van der Waals surface area (Å²) >= 11 is 0. The van der Waals surface area contributed by atoms with Crippen molar-refractivity contribution in [3.8, 4) is 0 Å². The third kappa shape index (κ3) is 1.07. The van der Waals surface area contributed by atoms with Crippen molar-refractivity contribution in [2.24, 2.45) is 5.73 Å². The van der Waals surface area contributed by atoms with Crippen molar-refractivity contribution < 1.29 is 4.79 Å². The SMILES string of the molecule is NC(=O)N1CCN2CCC1C2. The van der Waals surface area contributed by atoms with Crippen molar-refractivity contribution in [1.29, 1.82) is 0 Å². The topological polar surface area (TPSA) is 49.6 Å². The molecule has 0 aliphatic carbocycles. The third-order valence-corrected chi connectivity index (χ3v) is 2.63. The maximum Gasteiger partial charge on any atom is 0.315 e. The standard InChI is InChI=1S/C7H13N3O/c8-7(11)10-4-3-9-2-1-6(10)5-9/h6H,1-5H2,(H2,8,11). The zero-order valence-electron chi connectivity index (χ0n) is 6.49. The van der Waals surface area contributed by atoms with Gasteiger partial charge in [-0.2, -0.15) is 0 Å². The molecule has 2 saturated heterocycles. The number of carbonyl (C=O) groups is 1. The van der Waals surface area contributed by atoms with Gasteiger partial charge in [0.1, 0.15) is 0 Å². The molecule has 2 aliphatic rings. The minimum Gasteiger partial charge on any atom is -0.351 e. The molecule has 4 heteroatoms. The first-order valence-electron chi connectivity index (χ1n) is 4.06. The number of primary amides is 1. The van der Waals surface area contributed by atoms with Crippen molar-refractivity contribution in [3.05, 3.63) is 0 Å². The lowest BCUT2D eigenvalue weighted by atomic mass is 10.2. The molecule has 2 unspecified atom stereocenters. The number of amides is 2. The number of carbonyl (C=O) groups excluding carboxylic acids is 1. The van der Waals surface area contributed by atoms with Crippen LogP contribution in [0.3, 0.4) is 0 Å². The number of nitrogens with zero attached hydrogens (tertiary/aromatic N) is 2. The van der Waals surface area contributed by atoms with Gasteiger partial charge in [0.25, 0.3) is 0 Å². The largest absolute Gasteiger partial charge is 0.351 e. The fourth-order valence-electron chi connectivity index (χ4n) is 1.99. The van der Waals surface area contributed by atoms with Crippen molar-refractivity contribution in [3.63, 3.8) is 0 Å². The van der Waals surface area contributed by atoms with Crippen LogP contribution in [0.1, 0.15) is 6.42 Å². The highest BCUT2D eigenvalue weighted by molar-refractivity contribution is 5.72. The monoisotopic (exact) mass is 155 g/mol. The molecule has 62 valence electrons. The molecule has 2 heterocycles. The van der Waals surface area contributed by atoms with Gasteiger partial charge >= 0.3 is 6.03 Å². The van der Waals surface area contributed by atoms with Gasteiger partial charge in [0, 0.05) is 32.2 Å². The smallest absolute Gasteiger partial charge is 0.315 e. The quantitative estimate of drug-likeness (QED) is 0.510. The summed E-state index contributed by atoms with van der Waals surface area (Å²) in [5.74, 6) is 0. The Morgan fingerprint density at radius 2 is 2.18 bits per heavy atom. The fraction of sp³-hybridized carbons (Fsp3) is 0.857. The molecule has 2 atom stereocenters. The zero-order chi connectivity index (χ0) is 7.84. The van der Waals surface area contributed by atoms with Crippen LogP contribution in [0.5, 0.6) is 0 Å². The van der Waals surface area contributed by atoms with E-state index in [1.807, 2.05) is 0 Å². The van der Waals surface area contributed by atoms with Crippen LogP contribution in [-0.4, -0.2) is 48.1 Å². The summed E-state index contributed by atoms with van der Waals surface area (Å²) in [6, 6.07) is 0.151. The van der Waals surface area contributed by atoms with Gasteiger partial charge in [-0.1, -0.05) is 0 Å². The van der Waals surface area contributed by atoms with Crippen LogP contribution in [0, 0.1) is 0 Å². The lowest BCUT2D eigenvalue weighted by Crippen LogP contribution is -2.51. The molecule has 2 aliphatic heterocycles. The molecule has 4 nitrogen and oxygen atoms in total. The predicted molar refractivity (Wildman–Crippen MR) is 41.1 cm³/mol. The molecule has 0 saturated carbocycles. The van der Waals surface area contributed by atoms with Crippen LogP contribution < -0.4 is 5.73 Å². The summed E-state index contributed by atoms with van der Waals surface area (Å²) in [4.78, 5) is 15.0. The van der Waals surface area contributed by atoms with E-state index < -0.39 is 0 Å². The first-order valence-corrected chi connectivity index (χ1v) is 4.06. The second-order valence-corrected chi connectivity index (χ2v) is 3.27. The molecule has 2 rings (SSSR count). The number of urea groups is 1. The van der Waals surface area contributed by atoms with E-state index in [0.717, 1.165) is 32.6 Å². The first-order chi connectivity index (χ1) is 5.27. The van der Waals surface area contributed by atoms with Gasteiger partial charge in [0.2, 0.25) is 0 Å². The summed E-state index contributed by atoms with van der Waals surface area (Å²) in [6.45, 7) is 3.98. The Hall–Kier alpha value is -0.770. The molecule has 2 amide bonds. The Labute approximate surface area is 65.9 Å². The van der Waals surface area contributed by atoms with Gasteiger partial charge in [-0.15, -0.1) is 0 Å². The van der Waals surface area contributed by atoms with Gasteiger partial charge in [-0.25, -0.2) is 4.79 Å². The van der Waals surface area contributed by atoms with E-state index in [1.165, 1.54) is 0 Å². The molecule has 0 radical (unpaired) electrons. The molecule has 0 aromatic carbocycles. The number of rotatable bonds is 0. The molecule has 11 heavy (non-hydrogen) atoms. The average molecular weight is 155 g/mol. The number of piperazine rings is 1. The Morgan fingerprint density at radius 1 is 1.36 bits per heavy atom. The molecule has 2 N–H and O–H groups in total. The van der Waals surface area contributed by atoms with Crippen molar-refractivity contribution in [2.75, 3.05) is 26.2 Å². The van der Waals surface area contributed by atoms with Crippen molar-refractivity contribution in [2.45, 2.75) is 12.5 Å². The molecular formula is C7H13N3O. The zero-order valence-corrected chi connectivity index (χ0v) is 6.49. The van der Waals surface area contributed by atoms with Gasteiger partial charge in [-0.3, -0.25) is 4.90 Å². The summed E-state index contributed by atoms with van der Waals surface area (Å²) in [5, 5.41) is 0. The maximum absolute atomic E-state index is 10.9. The van der Waals surface area contributed by atoms with Crippen molar-refractivity contribution >= 4 is 6.03 Å². The predicted octanol–water partition coefficient (Wildman–Crippen LogP) is -0.545. The number of hydrogen-bond donors (Lipinski definition) is 1. The first kappa shape index (κ1) is 6.91. The van der Waals surface area contributed by atoms with Crippen molar-refractivity contribution in [1.82, 2.24) is 9.80 Å². The molecule has 2 fully saturated rings. The molecule has 0 aromatic heterocycles. The van der Waals surface area contributed by atoms with Gasteiger partial charge < -0.3 is 10.6 Å². The highest BCUT2D eigenvalue weighted by Gasteiger charge is 2.33. The number of fused-ring (bicyclic) bond motifs is 2. The molecular weight excluding hydrogens is 142 g/mol. The highest BCUT2D eigenvalue weighted by Crippen LogP contribution is 2.19. The van der Waals surface area contributed by atoms with Gasteiger partial charge in [0.05, 0.1) is 0 Å². The maximum atomic E-state index is 10.9. The Balaban J connectivity index is 2.07. The Kier molecular flexibility index (Phi) is 1.49. The van der Waals surface area contributed by atoms with E-state index in [9.17, 15) is 4.79 Å². The van der Waals surface area contributed by atoms with Crippen LogP contribution in [0.25, 0.3) is 0 Å². The second-order valence-electron chi connectivity index (χ2n) is 3.27. The molecule has 0 aromatic rings. The lowest BCUT2D eigenvalue weighted by molar-refractivity contribution is 0.150. The fourth-order valence-corrected chi connectivity index (χ4v) is 1.99. The van der Waals surface area contributed by atoms with Crippen LogP contribution in [-0.2, 0) is 0 Å².